The van der Waals surface area contributed by atoms with Gasteiger partial charge in [-0.05, 0) is 31.9 Å². The van der Waals surface area contributed by atoms with Gasteiger partial charge in [0.1, 0.15) is 0 Å². The summed E-state index contributed by atoms with van der Waals surface area (Å²) in [6.07, 6.45) is 7.63. The maximum atomic E-state index is 4.44. The van der Waals surface area contributed by atoms with Crippen molar-refractivity contribution in [1.29, 1.82) is 0 Å². The second-order valence-corrected chi connectivity index (χ2v) is 4.89. The number of nitrogens with one attached hydrogen (secondary N) is 1. The van der Waals surface area contributed by atoms with Gasteiger partial charge in [-0.25, -0.2) is 0 Å². The highest BCUT2D eigenvalue weighted by Gasteiger charge is 2.04. The first-order chi connectivity index (χ1) is 9.33. The third-order valence-electron chi connectivity index (χ3n) is 3.58. The molecule has 1 heterocycles. The van der Waals surface area contributed by atoms with Crippen molar-refractivity contribution in [2.75, 3.05) is 7.05 Å². The van der Waals surface area contributed by atoms with Crippen LogP contribution in [-0.4, -0.2) is 22.9 Å². The molecule has 0 fully saturated rings. The first kappa shape index (κ1) is 13.8. The molecule has 1 N–H and O–H groups in total. The molecule has 2 rings (SSSR count). The first-order valence-corrected chi connectivity index (χ1v) is 7.08. The van der Waals surface area contributed by atoms with Gasteiger partial charge < -0.3 is 5.32 Å². The molecule has 0 spiro atoms. The van der Waals surface area contributed by atoms with Crippen LogP contribution in [0.4, 0.5) is 0 Å². The van der Waals surface area contributed by atoms with E-state index in [0.29, 0.717) is 6.04 Å². The normalized spacial score (nSPS) is 12.5. The van der Waals surface area contributed by atoms with Gasteiger partial charge in [-0.2, -0.15) is 5.10 Å². The van der Waals surface area contributed by atoms with Crippen LogP contribution >= 0.6 is 0 Å². The summed E-state index contributed by atoms with van der Waals surface area (Å²) >= 11 is 0. The molecule has 1 aromatic carbocycles. The van der Waals surface area contributed by atoms with Gasteiger partial charge in [0.15, 0.2) is 0 Å². The first-order valence-electron chi connectivity index (χ1n) is 7.08. The second-order valence-electron chi connectivity index (χ2n) is 4.89. The van der Waals surface area contributed by atoms with Crippen LogP contribution in [-0.2, 0) is 6.54 Å². The molecule has 0 bridgehead atoms. The molecule has 102 valence electrons. The molecule has 2 aromatic rings. The molecule has 19 heavy (non-hydrogen) atoms. The van der Waals surface area contributed by atoms with Gasteiger partial charge in [-0.3, -0.25) is 4.68 Å². The number of nitrogens with zero attached hydrogens (tertiary/aromatic N) is 2. The summed E-state index contributed by atoms with van der Waals surface area (Å²) in [6.45, 7) is 3.22. The van der Waals surface area contributed by atoms with Gasteiger partial charge in [0.05, 0.1) is 6.20 Å². The Morgan fingerprint density at radius 1 is 1.21 bits per heavy atom. The minimum atomic E-state index is 0.629. The fourth-order valence-corrected chi connectivity index (χ4v) is 2.32. The van der Waals surface area contributed by atoms with Gasteiger partial charge in [0.25, 0.3) is 0 Å². The third-order valence-corrected chi connectivity index (χ3v) is 3.58. The zero-order valence-electron chi connectivity index (χ0n) is 11.8. The van der Waals surface area contributed by atoms with Crippen molar-refractivity contribution in [1.82, 2.24) is 15.1 Å². The molecule has 1 unspecified atom stereocenters. The molecule has 0 aliphatic carbocycles. The van der Waals surface area contributed by atoms with Crippen LogP contribution in [0.1, 0.15) is 26.2 Å². The lowest BCUT2D eigenvalue weighted by atomic mass is 10.1. The van der Waals surface area contributed by atoms with Crippen molar-refractivity contribution < 1.29 is 0 Å². The summed E-state index contributed by atoms with van der Waals surface area (Å²) < 4.78 is 2.05. The maximum Gasteiger partial charge on any atom is 0.0568 e. The van der Waals surface area contributed by atoms with Crippen molar-refractivity contribution in [2.24, 2.45) is 0 Å². The van der Waals surface area contributed by atoms with E-state index in [2.05, 4.69) is 47.8 Å². The van der Waals surface area contributed by atoms with Crippen LogP contribution in [0, 0.1) is 0 Å². The quantitative estimate of drug-likeness (QED) is 0.824. The van der Waals surface area contributed by atoms with Crippen LogP contribution in [0.3, 0.4) is 0 Å². The van der Waals surface area contributed by atoms with Crippen LogP contribution in [0.25, 0.3) is 11.1 Å². The molecular weight excluding hydrogens is 234 g/mol. The fourth-order valence-electron chi connectivity index (χ4n) is 2.32. The number of aryl methyl sites for hydroxylation is 1. The van der Waals surface area contributed by atoms with E-state index in [-0.39, 0.29) is 0 Å². The average Bonchev–Trinajstić information content (AvgIpc) is 2.93. The zero-order chi connectivity index (χ0) is 13.5. The van der Waals surface area contributed by atoms with Crippen molar-refractivity contribution in [2.45, 2.75) is 38.8 Å². The molecule has 1 atom stereocenters. The lowest BCUT2D eigenvalue weighted by Crippen LogP contribution is -2.24. The smallest absolute Gasteiger partial charge is 0.0568 e. The van der Waals surface area contributed by atoms with Gasteiger partial charge in [0, 0.05) is 24.3 Å². The number of benzene rings is 1. The number of hydrogen-bond acceptors (Lipinski definition) is 2. The Balaban J connectivity index is 1.88. The molecule has 0 amide bonds. The Hall–Kier alpha value is -1.61. The van der Waals surface area contributed by atoms with Crippen molar-refractivity contribution in [3.05, 3.63) is 42.7 Å². The van der Waals surface area contributed by atoms with Crippen molar-refractivity contribution in [3.63, 3.8) is 0 Å². The molecular formula is C16H23N3. The minimum absolute atomic E-state index is 0.629. The van der Waals surface area contributed by atoms with Gasteiger partial charge in [-0.1, -0.05) is 37.3 Å². The summed E-state index contributed by atoms with van der Waals surface area (Å²) in [5.74, 6) is 0. The maximum absolute atomic E-state index is 4.44. The third kappa shape index (κ3) is 3.93. The van der Waals surface area contributed by atoms with Crippen molar-refractivity contribution in [3.8, 4) is 11.1 Å². The van der Waals surface area contributed by atoms with Gasteiger partial charge in [-0.15, -0.1) is 0 Å². The summed E-state index contributed by atoms with van der Waals surface area (Å²) in [4.78, 5) is 0. The second kappa shape index (κ2) is 7.10. The highest BCUT2D eigenvalue weighted by Crippen LogP contribution is 2.17. The minimum Gasteiger partial charge on any atom is -0.317 e. The van der Waals surface area contributed by atoms with Crippen LogP contribution in [0.2, 0.25) is 0 Å². The highest BCUT2D eigenvalue weighted by molar-refractivity contribution is 5.61. The monoisotopic (exact) mass is 257 g/mol. The largest absolute Gasteiger partial charge is 0.317 e. The van der Waals surface area contributed by atoms with Gasteiger partial charge >= 0.3 is 0 Å². The molecule has 3 nitrogen and oxygen atoms in total. The number of aromatic nitrogens is 2. The van der Waals surface area contributed by atoms with E-state index in [1.807, 2.05) is 24.0 Å². The Bertz CT molecular complexity index is 472. The molecule has 0 aliphatic rings. The zero-order valence-corrected chi connectivity index (χ0v) is 11.8. The summed E-state index contributed by atoms with van der Waals surface area (Å²) in [6, 6.07) is 11.0. The molecule has 0 saturated heterocycles. The predicted octanol–water partition coefficient (Wildman–Crippen LogP) is 3.33. The van der Waals surface area contributed by atoms with Crippen molar-refractivity contribution >= 4 is 0 Å². The standard InChI is InChI=1S/C16H23N3/c1-3-16(17-2)10-7-11-19-13-15(12-18-19)14-8-5-4-6-9-14/h4-6,8-9,12-13,16-17H,3,7,10-11H2,1-2H3. The molecule has 3 heteroatoms. The average molecular weight is 257 g/mol. The van der Waals surface area contributed by atoms with E-state index in [0.717, 1.165) is 13.0 Å². The Labute approximate surface area is 115 Å². The van der Waals surface area contributed by atoms with Crippen LogP contribution < -0.4 is 5.32 Å². The topological polar surface area (TPSA) is 29.9 Å². The van der Waals surface area contributed by atoms with Crippen LogP contribution in [0.15, 0.2) is 42.7 Å². The lowest BCUT2D eigenvalue weighted by molar-refractivity contribution is 0.456. The van der Waals surface area contributed by atoms with E-state index in [1.165, 1.54) is 24.0 Å². The number of hydrogen-bond donors (Lipinski definition) is 1. The number of rotatable bonds is 7. The fraction of sp³-hybridized carbons (Fsp3) is 0.438. The van der Waals surface area contributed by atoms with Crippen LogP contribution in [0.5, 0.6) is 0 Å². The van der Waals surface area contributed by atoms with E-state index in [1.54, 1.807) is 0 Å². The SMILES string of the molecule is CCC(CCCn1cc(-c2ccccc2)cn1)NC. The Kier molecular flexibility index (Phi) is 5.16. The summed E-state index contributed by atoms with van der Waals surface area (Å²) in [5, 5.41) is 7.78. The van der Waals surface area contributed by atoms with E-state index < -0.39 is 0 Å². The summed E-state index contributed by atoms with van der Waals surface area (Å²) in [5.41, 5.74) is 2.43. The molecule has 1 aromatic heterocycles. The van der Waals surface area contributed by atoms with E-state index >= 15 is 0 Å². The summed E-state index contributed by atoms with van der Waals surface area (Å²) in [7, 11) is 2.04. The van der Waals surface area contributed by atoms with Gasteiger partial charge in [0.2, 0.25) is 0 Å². The lowest BCUT2D eigenvalue weighted by Gasteiger charge is -2.12. The Morgan fingerprint density at radius 3 is 2.68 bits per heavy atom. The molecule has 0 aliphatic heterocycles. The highest BCUT2D eigenvalue weighted by atomic mass is 15.3. The molecule has 0 saturated carbocycles. The van der Waals surface area contributed by atoms with E-state index in [9.17, 15) is 0 Å². The molecule has 0 radical (unpaired) electrons. The Morgan fingerprint density at radius 2 is 2.00 bits per heavy atom. The predicted molar refractivity (Wildman–Crippen MR) is 80.0 cm³/mol. The van der Waals surface area contributed by atoms with E-state index in [4.69, 9.17) is 0 Å².